The molecule has 0 aliphatic carbocycles. The highest BCUT2D eigenvalue weighted by Gasteiger charge is 2.20. The van der Waals surface area contributed by atoms with Crippen LogP contribution in [0.25, 0.3) is 66.7 Å². The zero-order valence-electron chi connectivity index (χ0n) is 40.5. The van der Waals surface area contributed by atoms with Gasteiger partial charge >= 0.3 is 0 Å². The number of allylic oxidation sites excluding steroid dienone is 8. The minimum Gasteiger partial charge on any atom is -0.355 e. The summed E-state index contributed by atoms with van der Waals surface area (Å²) in [6, 6.07) is 30.4. The first-order valence-electron chi connectivity index (χ1n) is 23.9. The van der Waals surface area contributed by atoms with Crippen LogP contribution in [0, 0.1) is 13.8 Å². The summed E-state index contributed by atoms with van der Waals surface area (Å²) >= 11 is 0. The van der Waals surface area contributed by atoms with E-state index in [-0.39, 0.29) is 0 Å². The van der Waals surface area contributed by atoms with E-state index in [1.54, 1.807) is 0 Å². The molecule has 0 unspecified atom stereocenters. The number of aromatic nitrogens is 6. The van der Waals surface area contributed by atoms with Crippen LogP contribution in [0.4, 0.5) is 0 Å². The van der Waals surface area contributed by atoms with Gasteiger partial charge in [0.05, 0.1) is 45.6 Å². The zero-order valence-corrected chi connectivity index (χ0v) is 40.5. The number of fused-ring (bicyclic) bond motifs is 12. The Morgan fingerprint density at radius 2 is 0.594 bits per heavy atom. The Kier molecular flexibility index (Phi) is 14.4. The maximum atomic E-state index is 5.22. The Balaban J connectivity index is 1.49. The largest absolute Gasteiger partial charge is 0.355 e. The van der Waals surface area contributed by atoms with Gasteiger partial charge in [-0.1, -0.05) is 79.7 Å². The predicted molar refractivity (Wildman–Crippen MR) is 276 cm³/mol. The normalized spacial score (nSPS) is 13.6. The summed E-state index contributed by atoms with van der Waals surface area (Å²) in [4.78, 5) is 28.4. The number of H-pyrrole nitrogens is 2. The van der Waals surface area contributed by atoms with Crippen molar-refractivity contribution in [2.75, 3.05) is 0 Å². The van der Waals surface area contributed by atoms with Crippen molar-refractivity contribution in [1.82, 2.24) is 29.9 Å². The van der Waals surface area contributed by atoms with Crippen molar-refractivity contribution in [3.8, 4) is 0 Å². The second-order valence-electron chi connectivity index (χ2n) is 17.0. The van der Waals surface area contributed by atoms with Gasteiger partial charge in [0, 0.05) is 22.1 Å². The van der Waals surface area contributed by atoms with Gasteiger partial charge in [-0.15, -0.1) is 0 Å². The molecule has 64 heavy (non-hydrogen) atoms. The minimum atomic E-state index is 0.912. The SMILES string of the molecule is CCC1=C(C)c2cccc3nc(cccc4[nH]c(cc5nc(cccc6nc(cccc7[nH]c(cc1n2)c(CC)c7C)C(CC)=C6CC)C(C)=C5CC)c(CC)c4C)C(CC)=C3CC. The van der Waals surface area contributed by atoms with Gasteiger partial charge < -0.3 is 9.97 Å². The summed E-state index contributed by atoms with van der Waals surface area (Å²) in [5, 5.41) is 0. The monoisotopic (exact) mass is 849 g/mol. The molecular weight excluding hydrogens is 781 g/mol. The molecule has 4 aliphatic rings. The van der Waals surface area contributed by atoms with E-state index < -0.39 is 0 Å². The molecule has 2 N–H and O–H groups in total. The maximum absolute atomic E-state index is 5.22. The van der Waals surface area contributed by atoms with Gasteiger partial charge in [0.25, 0.3) is 0 Å². The van der Waals surface area contributed by atoms with Crippen LogP contribution in [0.15, 0.2) is 84.9 Å². The number of aromatic amines is 2. The van der Waals surface area contributed by atoms with E-state index in [0.717, 1.165) is 119 Å². The average Bonchev–Trinajstić information content (AvgIpc) is 4.11. The molecule has 0 spiro atoms. The van der Waals surface area contributed by atoms with E-state index >= 15 is 0 Å². The van der Waals surface area contributed by atoms with Gasteiger partial charge in [-0.3, -0.25) is 0 Å². The molecule has 0 saturated carbocycles. The molecule has 0 saturated heterocycles. The van der Waals surface area contributed by atoms with Gasteiger partial charge in [0.2, 0.25) is 0 Å². The van der Waals surface area contributed by atoms with Crippen molar-refractivity contribution >= 4 is 66.7 Å². The average molecular weight is 849 g/mol. The Morgan fingerprint density at radius 3 is 0.891 bits per heavy atom. The molecule has 0 radical (unpaired) electrons. The summed E-state index contributed by atoms with van der Waals surface area (Å²) in [5.74, 6) is 0. The third-order valence-electron chi connectivity index (χ3n) is 13.6. The molecular formula is C58H68N6. The van der Waals surface area contributed by atoms with Crippen molar-refractivity contribution in [2.24, 2.45) is 0 Å². The van der Waals surface area contributed by atoms with E-state index in [4.69, 9.17) is 19.9 Å². The third-order valence-corrected chi connectivity index (χ3v) is 13.6. The molecule has 6 nitrogen and oxygen atoms in total. The third kappa shape index (κ3) is 8.85. The lowest BCUT2D eigenvalue weighted by Crippen LogP contribution is -1.83. The fourth-order valence-corrected chi connectivity index (χ4v) is 10.0. The van der Waals surface area contributed by atoms with Crippen molar-refractivity contribution < 1.29 is 0 Å². The molecule has 0 amide bonds. The van der Waals surface area contributed by atoms with Crippen molar-refractivity contribution in [2.45, 2.75) is 134 Å². The molecule has 7 heterocycles. The number of aryl methyl sites for hydroxylation is 4. The Bertz CT molecular complexity index is 2760. The van der Waals surface area contributed by atoms with Gasteiger partial charge in [-0.25, -0.2) is 19.9 Å². The highest BCUT2D eigenvalue weighted by atomic mass is 14.8. The lowest BCUT2D eigenvalue weighted by Gasteiger charge is -2.01. The van der Waals surface area contributed by atoms with Crippen molar-refractivity contribution in [1.29, 1.82) is 0 Å². The Morgan fingerprint density at radius 1 is 0.312 bits per heavy atom. The van der Waals surface area contributed by atoms with E-state index in [2.05, 4.69) is 178 Å². The Hall–Kier alpha value is -6.14. The van der Waals surface area contributed by atoms with E-state index in [0.29, 0.717) is 0 Å². The van der Waals surface area contributed by atoms with Gasteiger partial charge in [-0.2, -0.15) is 0 Å². The number of rotatable bonds is 8. The second-order valence-corrected chi connectivity index (χ2v) is 17.0. The molecule has 0 aromatic carbocycles. The van der Waals surface area contributed by atoms with Crippen LogP contribution in [0.2, 0.25) is 0 Å². The number of nitrogens with zero attached hydrogens (tertiary/aromatic N) is 4. The van der Waals surface area contributed by atoms with Crippen LogP contribution < -0.4 is 0 Å². The quantitative estimate of drug-likeness (QED) is 0.236. The zero-order chi connectivity index (χ0) is 45.7. The van der Waals surface area contributed by atoms with E-state index in [1.165, 1.54) is 66.8 Å². The summed E-state index contributed by atoms with van der Waals surface area (Å²) in [6.07, 6.45) is 7.39. The summed E-state index contributed by atoms with van der Waals surface area (Å²) in [7, 11) is 0. The number of nitrogens with one attached hydrogen (secondary N) is 2. The summed E-state index contributed by atoms with van der Waals surface area (Å²) in [5.41, 5.74) is 28.1. The first-order valence-corrected chi connectivity index (χ1v) is 23.9. The Labute approximate surface area is 382 Å². The summed E-state index contributed by atoms with van der Waals surface area (Å²) in [6.45, 7) is 26.7. The van der Waals surface area contributed by atoms with E-state index in [1.807, 2.05) is 0 Å². The van der Waals surface area contributed by atoms with Gasteiger partial charge in [-0.05, 0) is 207 Å². The highest BCUT2D eigenvalue weighted by molar-refractivity contribution is 5.95. The standard InChI is InChI=1S/C58H68N6/c1-13-39-35(9)47-25-21-29-51-43(17-5)44(18-6)52(63-51)31-23-27-49-37(11)41(15-3)57(61-49)34-58-42(16-4)38(12)50(62-58)28-24-32-54-46(20-8)45(19-7)53(64-54)30-22-26-48-36(10)40(14-2)56(60-48)33-55(39)59-47/h21-34,59,62H,13-20H2,1-12H3. The van der Waals surface area contributed by atoms with Gasteiger partial charge in [0.15, 0.2) is 0 Å². The second kappa shape index (κ2) is 20.1. The van der Waals surface area contributed by atoms with Crippen LogP contribution >= 0.6 is 0 Å². The fraction of sp³-hybridized carbons (Fsp3) is 0.345. The van der Waals surface area contributed by atoms with Crippen LogP contribution in [-0.2, 0) is 12.8 Å². The molecule has 7 rings (SSSR count). The minimum absolute atomic E-state index is 0.912. The van der Waals surface area contributed by atoms with Crippen LogP contribution in [0.1, 0.15) is 176 Å². The molecule has 3 aromatic rings. The highest BCUT2D eigenvalue weighted by Crippen LogP contribution is 2.37. The molecule has 330 valence electrons. The predicted octanol–water partition coefficient (Wildman–Crippen LogP) is 16.1. The molecule has 12 bridgehead atoms. The molecule has 0 fully saturated rings. The topological polar surface area (TPSA) is 83.1 Å². The van der Waals surface area contributed by atoms with Crippen molar-refractivity contribution in [3.63, 3.8) is 0 Å². The lowest BCUT2D eigenvalue weighted by molar-refractivity contribution is 1.14. The van der Waals surface area contributed by atoms with E-state index in [9.17, 15) is 0 Å². The van der Waals surface area contributed by atoms with Gasteiger partial charge in [0.1, 0.15) is 0 Å². The smallest absolute Gasteiger partial charge is 0.0693 e. The summed E-state index contributed by atoms with van der Waals surface area (Å²) < 4.78 is 0. The number of hydrogen-bond donors (Lipinski definition) is 2. The maximum Gasteiger partial charge on any atom is 0.0693 e. The van der Waals surface area contributed by atoms with Crippen LogP contribution in [-0.4, -0.2) is 29.9 Å². The molecule has 6 heteroatoms. The first-order chi connectivity index (χ1) is 31.0. The first kappa shape index (κ1) is 45.9. The van der Waals surface area contributed by atoms with Crippen LogP contribution in [0.5, 0.6) is 0 Å². The molecule has 0 atom stereocenters. The lowest BCUT2D eigenvalue weighted by atomic mass is 10.0. The van der Waals surface area contributed by atoms with Crippen molar-refractivity contribution in [3.05, 3.63) is 153 Å². The van der Waals surface area contributed by atoms with Crippen LogP contribution in [0.3, 0.4) is 0 Å². The fourth-order valence-electron chi connectivity index (χ4n) is 10.0. The molecule has 4 aliphatic heterocycles. The number of hydrogen-bond acceptors (Lipinski definition) is 4. The molecule has 3 aromatic heterocycles.